The van der Waals surface area contributed by atoms with E-state index in [1.165, 1.54) is 18.2 Å². The lowest BCUT2D eigenvalue weighted by atomic mass is 10.1. The fraction of sp³-hybridized carbons (Fsp3) is 0.348. The van der Waals surface area contributed by atoms with Gasteiger partial charge in [-0.2, -0.15) is 0 Å². The lowest BCUT2D eigenvalue weighted by molar-refractivity contribution is 0.130. The summed E-state index contributed by atoms with van der Waals surface area (Å²) in [4.78, 5) is 32.6. The number of urea groups is 1. The van der Waals surface area contributed by atoms with Crippen LogP contribution in [0.5, 0.6) is 0 Å². The van der Waals surface area contributed by atoms with Crippen molar-refractivity contribution in [2.75, 3.05) is 25.6 Å². The number of carbonyl (C=O) groups is 1. The molecule has 0 bridgehead atoms. The topological polar surface area (TPSA) is 76.5 Å². The molecule has 8 heteroatoms. The summed E-state index contributed by atoms with van der Waals surface area (Å²) in [6.45, 7) is 4.81. The largest absolute Gasteiger partial charge is 0.383 e. The predicted molar refractivity (Wildman–Crippen MR) is 119 cm³/mol. The predicted octanol–water partition coefficient (Wildman–Crippen LogP) is 4.19. The van der Waals surface area contributed by atoms with Crippen molar-refractivity contribution in [2.24, 2.45) is 0 Å². The molecule has 1 aromatic heterocycles. The third-order valence-electron chi connectivity index (χ3n) is 5.14. The summed E-state index contributed by atoms with van der Waals surface area (Å²) in [6, 6.07) is 12.0. The number of anilines is 1. The van der Waals surface area contributed by atoms with E-state index in [1.807, 2.05) is 19.9 Å². The molecule has 164 valence electrons. The van der Waals surface area contributed by atoms with Gasteiger partial charge in [0.2, 0.25) is 0 Å². The number of nitrogens with zero attached hydrogens (tertiary/aromatic N) is 3. The van der Waals surface area contributed by atoms with Crippen LogP contribution in [0, 0.1) is 5.82 Å². The number of rotatable bonds is 8. The van der Waals surface area contributed by atoms with E-state index < -0.39 is 17.9 Å². The molecule has 0 radical (unpaired) electrons. The van der Waals surface area contributed by atoms with E-state index in [4.69, 9.17) is 9.72 Å². The zero-order chi connectivity index (χ0) is 22.4. The molecule has 31 heavy (non-hydrogen) atoms. The highest BCUT2D eigenvalue weighted by Crippen LogP contribution is 2.25. The molecule has 0 saturated carbocycles. The van der Waals surface area contributed by atoms with Gasteiger partial charge in [0.15, 0.2) is 0 Å². The zero-order valence-corrected chi connectivity index (χ0v) is 18.0. The summed E-state index contributed by atoms with van der Waals surface area (Å²) in [7, 11) is 1.56. The van der Waals surface area contributed by atoms with Gasteiger partial charge in [0.1, 0.15) is 11.6 Å². The average Bonchev–Trinajstić information content (AvgIpc) is 2.76. The Morgan fingerprint density at radius 2 is 2.00 bits per heavy atom. The lowest BCUT2D eigenvalue weighted by Crippen LogP contribution is -2.42. The van der Waals surface area contributed by atoms with E-state index in [0.717, 1.165) is 0 Å². The molecule has 1 atom stereocenters. The van der Waals surface area contributed by atoms with Gasteiger partial charge in [-0.05, 0) is 43.7 Å². The quantitative estimate of drug-likeness (QED) is 0.586. The number of ether oxygens (including phenoxy) is 1. The molecule has 3 aromatic rings. The van der Waals surface area contributed by atoms with Crippen LogP contribution in [0.4, 0.5) is 14.9 Å². The molecular formula is C23H27FN4O3. The third-order valence-corrected chi connectivity index (χ3v) is 5.14. The minimum absolute atomic E-state index is 0.140. The van der Waals surface area contributed by atoms with Crippen molar-refractivity contribution in [3.05, 3.63) is 70.5 Å². The number of aromatic nitrogens is 2. The summed E-state index contributed by atoms with van der Waals surface area (Å²) in [6.07, 6.45) is 0.533. The van der Waals surface area contributed by atoms with Crippen LogP contribution in [0.15, 0.2) is 53.3 Å². The maximum absolute atomic E-state index is 13.6. The fourth-order valence-corrected chi connectivity index (χ4v) is 3.64. The van der Waals surface area contributed by atoms with Crippen molar-refractivity contribution < 1.29 is 13.9 Å². The number of para-hydroxylation sites is 1. The average molecular weight is 426 g/mol. The highest BCUT2D eigenvalue weighted by Gasteiger charge is 2.28. The first-order valence-corrected chi connectivity index (χ1v) is 10.3. The number of carbonyl (C=O) groups excluding carboxylic acids is 1. The molecule has 0 fully saturated rings. The number of hydrogen-bond acceptors (Lipinski definition) is 4. The number of halogens is 1. The third kappa shape index (κ3) is 4.91. The van der Waals surface area contributed by atoms with Gasteiger partial charge in [-0.1, -0.05) is 25.1 Å². The van der Waals surface area contributed by atoms with Gasteiger partial charge in [0.05, 0.1) is 23.6 Å². The van der Waals surface area contributed by atoms with Crippen molar-refractivity contribution in [2.45, 2.75) is 32.9 Å². The van der Waals surface area contributed by atoms with Crippen molar-refractivity contribution in [3.8, 4) is 0 Å². The first-order chi connectivity index (χ1) is 15.0. The summed E-state index contributed by atoms with van der Waals surface area (Å²) >= 11 is 0. The number of methoxy groups -OCH3 is 1. The van der Waals surface area contributed by atoms with E-state index in [-0.39, 0.29) is 12.1 Å². The van der Waals surface area contributed by atoms with Crippen LogP contribution in [0.25, 0.3) is 10.9 Å². The molecule has 1 heterocycles. The Kier molecular flexibility index (Phi) is 7.36. The highest BCUT2D eigenvalue weighted by atomic mass is 19.1. The maximum Gasteiger partial charge on any atom is 0.322 e. The second-order valence-corrected chi connectivity index (χ2v) is 7.09. The summed E-state index contributed by atoms with van der Waals surface area (Å²) < 4.78 is 20.4. The molecule has 0 aliphatic heterocycles. The van der Waals surface area contributed by atoms with Crippen LogP contribution in [0.1, 0.15) is 32.1 Å². The van der Waals surface area contributed by atoms with Crippen molar-refractivity contribution in [3.63, 3.8) is 0 Å². The highest BCUT2D eigenvalue weighted by molar-refractivity contribution is 5.89. The van der Waals surface area contributed by atoms with Crippen molar-refractivity contribution in [1.29, 1.82) is 0 Å². The molecule has 2 amide bonds. The fourth-order valence-electron chi connectivity index (χ4n) is 3.64. The molecule has 0 saturated heterocycles. The van der Waals surface area contributed by atoms with Crippen LogP contribution >= 0.6 is 0 Å². The normalized spacial score (nSPS) is 12.0. The Balaban J connectivity index is 2.04. The first kappa shape index (κ1) is 22.4. The smallest absolute Gasteiger partial charge is 0.322 e. The van der Waals surface area contributed by atoms with Crippen LogP contribution in [-0.2, 0) is 11.3 Å². The van der Waals surface area contributed by atoms with Gasteiger partial charge in [0.25, 0.3) is 5.56 Å². The van der Waals surface area contributed by atoms with Gasteiger partial charge in [-0.15, -0.1) is 0 Å². The number of nitrogens with one attached hydrogen (secondary N) is 1. The van der Waals surface area contributed by atoms with E-state index in [1.54, 1.807) is 40.8 Å². The standard InChI is InChI=1S/C23H27FN4O3/c1-4-20(21-26-19-12-7-6-11-18(19)22(29)27(21)5-2)28(13-14-31-3)23(30)25-17-10-8-9-16(24)15-17/h6-12,15,20H,4-5,13-14H2,1-3H3,(H,25,30). The number of benzene rings is 2. The van der Waals surface area contributed by atoms with Gasteiger partial charge in [-0.3, -0.25) is 9.36 Å². The minimum Gasteiger partial charge on any atom is -0.383 e. The van der Waals surface area contributed by atoms with E-state index in [0.29, 0.717) is 42.0 Å². The Morgan fingerprint density at radius 3 is 2.68 bits per heavy atom. The molecular weight excluding hydrogens is 399 g/mol. The van der Waals surface area contributed by atoms with Gasteiger partial charge in [-0.25, -0.2) is 14.2 Å². The Hall–Kier alpha value is -3.26. The van der Waals surface area contributed by atoms with Crippen LogP contribution in [0.2, 0.25) is 0 Å². The number of amides is 2. The van der Waals surface area contributed by atoms with E-state index >= 15 is 0 Å². The second-order valence-electron chi connectivity index (χ2n) is 7.09. The number of hydrogen-bond donors (Lipinski definition) is 1. The second kappa shape index (κ2) is 10.2. The Morgan fingerprint density at radius 1 is 1.23 bits per heavy atom. The molecule has 2 aromatic carbocycles. The van der Waals surface area contributed by atoms with E-state index in [2.05, 4.69) is 5.32 Å². The molecule has 0 aliphatic rings. The summed E-state index contributed by atoms with van der Waals surface area (Å²) in [5, 5.41) is 3.28. The summed E-state index contributed by atoms with van der Waals surface area (Å²) in [5.74, 6) is 0.0727. The van der Waals surface area contributed by atoms with Crippen LogP contribution < -0.4 is 10.9 Å². The molecule has 0 aliphatic carbocycles. The van der Waals surface area contributed by atoms with Crippen LogP contribution in [0.3, 0.4) is 0 Å². The van der Waals surface area contributed by atoms with Gasteiger partial charge < -0.3 is 15.0 Å². The Labute approximate surface area is 180 Å². The maximum atomic E-state index is 13.6. The van der Waals surface area contributed by atoms with E-state index in [9.17, 15) is 14.0 Å². The van der Waals surface area contributed by atoms with Crippen molar-refractivity contribution in [1.82, 2.24) is 14.5 Å². The summed E-state index contributed by atoms with van der Waals surface area (Å²) in [5.41, 5.74) is 0.795. The lowest BCUT2D eigenvalue weighted by Gasteiger charge is -2.32. The van der Waals surface area contributed by atoms with Gasteiger partial charge >= 0.3 is 6.03 Å². The molecule has 1 unspecified atom stereocenters. The van der Waals surface area contributed by atoms with Gasteiger partial charge in [0, 0.05) is 25.9 Å². The monoisotopic (exact) mass is 426 g/mol. The molecule has 1 N–H and O–H groups in total. The SMILES string of the molecule is CCC(c1nc2ccccc2c(=O)n1CC)N(CCOC)C(=O)Nc1cccc(F)c1. The Bertz CT molecular complexity index is 1120. The molecule has 3 rings (SSSR count). The molecule has 0 spiro atoms. The zero-order valence-electron chi connectivity index (χ0n) is 18.0. The number of fused-ring (bicyclic) bond motifs is 1. The molecule has 7 nitrogen and oxygen atoms in total. The minimum atomic E-state index is -0.471. The van der Waals surface area contributed by atoms with Crippen LogP contribution in [-0.4, -0.2) is 40.7 Å². The van der Waals surface area contributed by atoms with Crippen molar-refractivity contribution >= 4 is 22.6 Å². The first-order valence-electron chi connectivity index (χ1n) is 10.3.